The van der Waals surface area contributed by atoms with E-state index in [4.69, 9.17) is 14.5 Å². The van der Waals surface area contributed by atoms with Crippen molar-refractivity contribution in [2.45, 2.75) is 19.7 Å². The van der Waals surface area contributed by atoms with Crippen molar-refractivity contribution in [3.05, 3.63) is 59.4 Å². The highest BCUT2D eigenvalue weighted by Crippen LogP contribution is 2.25. The monoisotopic (exact) mass is 466 g/mol. The number of fused-ring (bicyclic) bond motifs is 1. The largest absolute Gasteiger partial charge is 0.434 e. The summed E-state index contributed by atoms with van der Waals surface area (Å²) < 4.78 is 37.8. The molecule has 1 aliphatic rings. The zero-order valence-corrected chi connectivity index (χ0v) is 18.0. The maximum Gasteiger partial charge on any atom is 0.387 e. The Morgan fingerprint density at radius 3 is 2.74 bits per heavy atom. The van der Waals surface area contributed by atoms with Crippen LogP contribution in [-0.2, 0) is 17.8 Å². The molecule has 2 aromatic carbocycles. The fourth-order valence-corrected chi connectivity index (χ4v) is 3.87. The fourth-order valence-electron chi connectivity index (χ4n) is 3.87. The van der Waals surface area contributed by atoms with Crippen LogP contribution in [0, 0.1) is 11.3 Å². The molecule has 0 saturated carbocycles. The molecule has 1 fully saturated rings. The molecule has 10 nitrogen and oxygen atoms in total. The van der Waals surface area contributed by atoms with E-state index in [1.165, 1.54) is 10.9 Å². The molecular weight excluding hydrogens is 446 g/mol. The number of morpholine rings is 1. The van der Waals surface area contributed by atoms with Crippen molar-refractivity contribution in [3.8, 4) is 11.8 Å². The van der Waals surface area contributed by atoms with E-state index in [0.29, 0.717) is 60.2 Å². The Kier molecular flexibility index (Phi) is 6.01. The zero-order valence-electron chi connectivity index (χ0n) is 18.0. The fraction of sp³-hybridized carbons (Fsp3) is 0.318. The first-order valence-corrected chi connectivity index (χ1v) is 10.6. The van der Waals surface area contributed by atoms with Crippen LogP contribution in [0.2, 0.25) is 0 Å². The summed E-state index contributed by atoms with van der Waals surface area (Å²) in [5, 5.41) is 22.1. The number of rotatable bonds is 7. The molecule has 0 radical (unpaired) electrons. The minimum absolute atomic E-state index is 0.0789. The van der Waals surface area contributed by atoms with E-state index < -0.39 is 6.61 Å². The second kappa shape index (κ2) is 9.40. The van der Waals surface area contributed by atoms with Crippen molar-refractivity contribution in [1.82, 2.24) is 29.8 Å². The number of alkyl halides is 2. The van der Waals surface area contributed by atoms with Crippen LogP contribution in [0.15, 0.2) is 42.5 Å². The summed E-state index contributed by atoms with van der Waals surface area (Å²) in [5.41, 5.74) is 2.36. The quantitative estimate of drug-likeness (QED) is 0.409. The van der Waals surface area contributed by atoms with Gasteiger partial charge in [0.25, 0.3) is 5.95 Å². The van der Waals surface area contributed by atoms with Gasteiger partial charge in [0.05, 0.1) is 42.4 Å². The summed E-state index contributed by atoms with van der Waals surface area (Å²) in [6.07, 6.45) is 0. The van der Waals surface area contributed by atoms with Crippen LogP contribution in [-0.4, -0.2) is 62.7 Å². The van der Waals surface area contributed by atoms with Gasteiger partial charge in [-0.2, -0.15) is 18.8 Å². The lowest BCUT2D eigenvalue weighted by Gasteiger charge is -2.24. The molecule has 0 amide bonds. The average molecular weight is 466 g/mol. The van der Waals surface area contributed by atoms with Gasteiger partial charge in [-0.25, -0.2) is 4.98 Å². The number of nitriles is 1. The van der Waals surface area contributed by atoms with Crippen LogP contribution in [0.25, 0.3) is 11.0 Å². The van der Waals surface area contributed by atoms with Crippen molar-refractivity contribution in [2.75, 3.05) is 31.2 Å². The van der Waals surface area contributed by atoms with Gasteiger partial charge >= 0.3 is 6.61 Å². The van der Waals surface area contributed by atoms with E-state index in [2.05, 4.69) is 21.5 Å². The zero-order chi connectivity index (χ0) is 23.5. The second-order valence-electron chi connectivity index (χ2n) is 7.63. The lowest BCUT2D eigenvalue weighted by Crippen LogP contribution is -2.37. The molecule has 0 bridgehead atoms. The molecule has 1 saturated heterocycles. The molecule has 34 heavy (non-hydrogen) atoms. The maximum atomic E-state index is 12.9. The molecule has 3 heterocycles. The Bertz CT molecular complexity index is 1340. The maximum absolute atomic E-state index is 12.9. The Morgan fingerprint density at radius 2 is 1.94 bits per heavy atom. The first kappa shape index (κ1) is 21.7. The molecular formula is C22H20F2N8O2. The van der Waals surface area contributed by atoms with E-state index in [1.807, 2.05) is 9.47 Å². The number of nitrogens with zero attached hydrogens (tertiary/aromatic N) is 8. The summed E-state index contributed by atoms with van der Waals surface area (Å²) in [4.78, 5) is 8.13. The number of imidazole rings is 1. The number of anilines is 1. The molecule has 1 aliphatic heterocycles. The lowest BCUT2D eigenvalue weighted by atomic mass is 10.2. The summed E-state index contributed by atoms with van der Waals surface area (Å²) in [7, 11) is 0. The van der Waals surface area contributed by atoms with Gasteiger partial charge in [-0.1, -0.05) is 23.3 Å². The van der Waals surface area contributed by atoms with E-state index in [9.17, 15) is 14.0 Å². The third kappa shape index (κ3) is 4.51. The van der Waals surface area contributed by atoms with E-state index in [-0.39, 0.29) is 18.8 Å². The van der Waals surface area contributed by atoms with Gasteiger partial charge in [0.15, 0.2) is 0 Å². The van der Waals surface area contributed by atoms with E-state index >= 15 is 0 Å². The van der Waals surface area contributed by atoms with Crippen LogP contribution < -0.4 is 9.64 Å². The van der Waals surface area contributed by atoms with Crippen molar-refractivity contribution in [1.29, 1.82) is 5.26 Å². The Morgan fingerprint density at radius 1 is 1.12 bits per heavy atom. The summed E-state index contributed by atoms with van der Waals surface area (Å²) in [6.45, 7) is 0.0327. The van der Waals surface area contributed by atoms with Crippen LogP contribution in [0.5, 0.6) is 5.75 Å². The Hall–Kier alpha value is -4.11. The molecule has 0 atom stereocenters. The smallest absolute Gasteiger partial charge is 0.387 e. The molecule has 5 rings (SSSR count). The predicted octanol–water partition coefficient (Wildman–Crippen LogP) is 2.43. The van der Waals surface area contributed by atoms with Gasteiger partial charge in [0.2, 0.25) is 0 Å². The average Bonchev–Trinajstić information content (AvgIpc) is 3.45. The SMILES string of the molecule is N#Cc1ccc2nc(Cn3nnc(N4CCOCC4)n3)n(Cc3ccccc3OC(F)F)c2c1. The van der Waals surface area contributed by atoms with E-state index in [1.54, 1.807) is 36.4 Å². The summed E-state index contributed by atoms with van der Waals surface area (Å²) in [5.74, 6) is 1.17. The number of aromatic nitrogens is 6. The standard InChI is InChI=1S/C22H20F2N8O2/c23-21(24)34-19-4-2-1-3-16(19)13-31-18-11-15(12-25)5-6-17(18)26-20(31)14-32-28-22(27-29-32)30-7-9-33-10-8-30/h1-6,11,21H,7-10,13-14H2. The van der Waals surface area contributed by atoms with E-state index in [0.717, 1.165) is 0 Å². The van der Waals surface area contributed by atoms with Gasteiger partial charge in [0, 0.05) is 18.7 Å². The minimum Gasteiger partial charge on any atom is -0.434 e. The third-order valence-corrected chi connectivity index (χ3v) is 5.49. The Balaban J connectivity index is 1.51. The second-order valence-corrected chi connectivity index (χ2v) is 7.63. The van der Waals surface area contributed by atoms with Gasteiger partial charge < -0.3 is 18.9 Å². The normalized spacial score (nSPS) is 14.0. The predicted molar refractivity (Wildman–Crippen MR) is 117 cm³/mol. The first-order valence-electron chi connectivity index (χ1n) is 10.6. The molecule has 12 heteroatoms. The summed E-state index contributed by atoms with van der Waals surface area (Å²) in [6, 6.07) is 13.9. The molecule has 0 spiro atoms. The third-order valence-electron chi connectivity index (χ3n) is 5.49. The number of halogens is 2. The highest BCUT2D eigenvalue weighted by atomic mass is 19.3. The van der Waals surface area contributed by atoms with Gasteiger partial charge in [-0.05, 0) is 29.5 Å². The molecule has 2 aromatic heterocycles. The molecule has 0 aliphatic carbocycles. The number of benzene rings is 2. The molecule has 0 N–H and O–H groups in total. The Labute approximate surface area is 192 Å². The number of ether oxygens (including phenoxy) is 2. The highest BCUT2D eigenvalue weighted by molar-refractivity contribution is 5.78. The number of hydrogen-bond donors (Lipinski definition) is 0. The highest BCUT2D eigenvalue weighted by Gasteiger charge is 2.19. The minimum atomic E-state index is -2.94. The van der Waals surface area contributed by atoms with Crippen LogP contribution in [0.3, 0.4) is 0 Å². The first-order chi connectivity index (χ1) is 16.6. The van der Waals surface area contributed by atoms with Gasteiger partial charge in [0.1, 0.15) is 18.1 Å². The number of para-hydroxylation sites is 1. The topological polar surface area (TPSA) is 107 Å². The number of hydrogen-bond acceptors (Lipinski definition) is 8. The van der Waals surface area contributed by atoms with Crippen LogP contribution >= 0.6 is 0 Å². The summed E-state index contributed by atoms with van der Waals surface area (Å²) >= 11 is 0. The van der Waals surface area contributed by atoms with Crippen molar-refractivity contribution >= 4 is 17.0 Å². The molecule has 174 valence electrons. The van der Waals surface area contributed by atoms with Gasteiger partial charge in [-0.15, -0.1) is 5.10 Å². The van der Waals surface area contributed by atoms with Crippen molar-refractivity contribution < 1.29 is 18.3 Å². The van der Waals surface area contributed by atoms with Crippen LogP contribution in [0.4, 0.5) is 14.7 Å². The van der Waals surface area contributed by atoms with Gasteiger partial charge in [-0.3, -0.25) is 0 Å². The van der Waals surface area contributed by atoms with Crippen molar-refractivity contribution in [2.24, 2.45) is 0 Å². The number of tetrazole rings is 1. The lowest BCUT2D eigenvalue weighted by molar-refractivity contribution is -0.0504. The van der Waals surface area contributed by atoms with Crippen molar-refractivity contribution in [3.63, 3.8) is 0 Å². The molecule has 0 unspecified atom stereocenters. The van der Waals surface area contributed by atoms with Crippen LogP contribution in [0.1, 0.15) is 17.0 Å². The molecule has 4 aromatic rings.